The maximum absolute atomic E-state index is 12.9. The van der Waals surface area contributed by atoms with Crippen molar-refractivity contribution >= 4 is 11.6 Å². The molecule has 0 aliphatic heterocycles. The van der Waals surface area contributed by atoms with Gasteiger partial charge in [0.2, 0.25) is 5.91 Å². The van der Waals surface area contributed by atoms with Crippen LogP contribution in [0.2, 0.25) is 0 Å². The van der Waals surface area contributed by atoms with E-state index in [1.807, 2.05) is 42.3 Å². The van der Waals surface area contributed by atoms with Gasteiger partial charge in [-0.05, 0) is 43.4 Å². The highest BCUT2D eigenvalue weighted by Crippen LogP contribution is 2.14. The predicted molar refractivity (Wildman–Crippen MR) is 98.4 cm³/mol. The van der Waals surface area contributed by atoms with Crippen LogP contribution >= 0.6 is 0 Å². The van der Waals surface area contributed by atoms with Gasteiger partial charge in [-0.1, -0.05) is 18.2 Å². The van der Waals surface area contributed by atoms with Crippen LogP contribution in [-0.2, 0) is 4.79 Å². The summed E-state index contributed by atoms with van der Waals surface area (Å²) in [7, 11) is 1.83. The summed E-state index contributed by atoms with van der Waals surface area (Å²) in [5, 5.41) is 8.83. The van der Waals surface area contributed by atoms with Gasteiger partial charge < -0.3 is 9.64 Å². The van der Waals surface area contributed by atoms with Gasteiger partial charge in [0.1, 0.15) is 18.2 Å². The second-order valence-corrected chi connectivity index (χ2v) is 5.83. The zero-order chi connectivity index (χ0) is 18.8. The summed E-state index contributed by atoms with van der Waals surface area (Å²) < 4.78 is 18.4. The number of carbonyl (C=O) groups is 1. The minimum atomic E-state index is -0.307. The SMILES string of the molecule is CN(CCOc1ccc(F)cc1)CC(=O)N(CCC#N)c1ccccc1. The Labute approximate surface area is 153 Å². The number of amides is 1. The molecule has 0 fully saturated rings. The first-order valence-corrected chi connectivity index (χ1v) is 8.39. The first-order valence-electron chi connectivity index (χ1n) is 8.39. The van der Waals surface area contributed by atoms with Crippen LogP contribution in [-0.4, -0.2) is 44.1 Å². The van der Waals surface area contributed by atoms with Crippen molar-refractivity contribution < 1.29 is 13.9 Å². The number of anilines is 1. The molecular formula is C20H22FN3O2. The van der Waals surface area contributed by atoms with Crippen LogP contribution in [0.3, 0.4) is 0 Å². The number of likely N-dealkylation sites (N-methyl/N-ethyl adjacent to an activating group) is 1. The Kier molecular flexibility index (Phi) is 7.59. The fourth-order valence-electron chi connectivity index (χ4n) is 2.41. The van der Waals surface area contributed by atoms with E-state index in [0.29, 0.717) is 25.4 Å². The fourth-order valence-corrected chi connectivity index (χ4v) is 2.41. The minimum Gasteiger partial charge on any atom is -0.492 e. The molecule has 0 atom stereocenters. The molecular weight excluding hydrogens is 333 g/mol. The summed E-state index contributed by atoms with van der Waals surface area (Å²) >= 11 is 0. The molecule has 0 bridgehead atoms. The van der Waals surface area contributed by atoms with Crippen LogP contribution in [0.5, 0.6) is 5.75 Å². The predicted octanol–water partition coefficient (Wildman–Crippen LogP) is 3.08. The molecule has 0 heterocycles. The molecule has 5 nitrogen and oxygen atoms in total. The van der Waals surface area contributed by atoms with Crippen LogP contribution in [0, 0.1) is 17.1 Å². The molecule has 0 aromatic heterocycles. The van der Waals surface area contributed by atoms with Crippen molar-refractivity contribution in [3.8, 4) is 11.8 Å². The highest BCUT2D eigenvalue weighted by atomic mass is 19.1. The summed E-state index contributed by atoms with van der Waals surface area (Å²) in [6.07, 6.45) is 0.276. The smallest absolute Gasteiger partial charge is 0.241 e. The van der Waals surface area contributed by atoms with Crippen LogP contribution in [0.15, 0.2) is 54.6 Å². The number of ether oxygens (including phenoxy) is 1. The number of hydrogen-bond acceptors (Lipinski definition) is 4. The van der Waals surface area contributed by atoms with Crippen molar-refractivity contribution in [3.63, 3.8) is 0 Å². The van der Waals surface area contributed by atoms with E-state index in [4.69, 9.17) is 10.00 Å². The molecule has 0 aliphatic rings. The maximum Gasteiger partial charge on any atom is 0.241 e. The lowest BCUT2D eigenvalue weighted by molar-refractivity contribution is -0.119. The number of carbonyl (C=O) groups excluding carboxylic acids is 1. The van der Waals surface area contributed by atoms with Crippen molar-refractivity contribution in [1.29, 1.82) is 5.26 Å². The third-order valence-electron chi connectivity index (χ3n) is 3.78. The van der Waals surface area contributed by atoms with Gasteiger partial charge in [0.25, 0.3) is 0 Å². The number of nitriles is 1. The summed E-state index contributed by atoms with van der Waals surface area (Å²) in [6, 6.07) is 17.2. The average Bonchev–Trinajstić information content (AvgIpc) is 2.64. The first-order chi connectivity index (χ1) is 12.6. The van der Waals surface area contributed by atoms with E-state index in [1.165, 1.54) is 12.1 Å². The van der Waals surface area contributed by atoms with Gasteiger partial charge in [-0.25, -0.2) is 4.39 Å². The maximum atomic E-state index is 12.9. The molecule has 0 unspecified atom stereocenters. The molecule has 2 aromatic rings. The topological polar surface area (TPSA) is 56.6 Å². The second-order valence-electron chi connectivity index (χ2n) is 5.83. The molecule has 2 aromatic carbocycles. The van der Waals surface area contributed by atoms with Gasteiger partial charge in [-0.2, -0.15) is 5.26 Å². The second kappa shape index (κ2) is 10.2. The summed E-state index contributed by atoms with van der Waals surface area (Å²) in [5.74, 6) is 0.209. The van der Waals surface area contributed by atoms with Gasteiger partial charge in [0, 0.05) is 18.8 Å². The largest absolute Gasteiger partial charge is 0.492 e. The van der Waals surface area contributed by atoms with Crippen LogP contribution < -0.4 is 9.64 Å². The Morgan fingerprint density at radius 3 is 2.46 bits per heavy atom. The van der Waals surface area contributed by atoms with E-state index in [2.05, 4.69) is 6.07 Å². The van der Waals surface area contributed by atoms with E-state index >= 15 is 0 Å². The Hall–Kier alpha value is -2.91. The lowest BCUT2D eigenvalue weighted by atomic mass is 10.2. The van der Waals surface area contributed by atoms with Gasteiger partial charge >= 0.3 is 0 Å². The normalized spacial score (nSPS) is 10.4. The van der Waals surface area contributed by atoms with Crippen molar-refractivity contribution in [2.24, 2.45) is 0 Å². The number of nitrogens with zero attached hydrogens (tertiary/aromatic N) is 3. The summed E-state index contributed by atoms with van der Waals surface area (Å²) in [6.45, 7) is 1.51. The third kappa shape index (κ3) is 6.19. The lowest BCUT2D eigenvalue weighted by Crippen LogP contribution is -2.40. The molecule has 1 amide bonds. The number of hydrogen-bond donors (Lipinski definition) is 0. The Morgan fingerprint density at radius 2 is 1.81 bits per heavy atom. The van der Waals surface area contributed by atoms with E-state index in [1.54, 1.807) is 17.0 Å². The highest BCUT2D eigenvalue weighted by molar-refractivity contribution is 5.94. The van der Waals surface area contributed by atoms with Crippen molar-refractivity contribution in [2.75, 3.05) is 38.2 Å². The third-order valence-corrected chi connectivity index (χ3v) is 3.78. The van der Waals surface area contributed by atoms with Crippen LogP contribution in [0.1, 0.15) is 6.42 Å². The van der Waals surface area contributed by atoms with Crippen LogP contribution in [0.25, 0.3) is 0 Å². The molecule has 0 radical (unpaired) electrons. The molecule has 0 saturated heterocycles. The standard InChI is InChI=1S/C20H22FN3O2/c1-23(14-15-26-19-10-8-17(21)9-11-19)16-20(25)24(13-5-12-22)18-6-3-2-4-7-18/h2-4,6-11H,5,13-16H2,1H3. The van der Waals surface area contributed by atoms with Gasteiger partial charge in [-0.15, -0.1) is 0 Å². The molecule has 6 heteroatoms. The monoisotopic (exact) mass is 355 g/mol. The zero-order valence-corrected chi connectivity index (χ0v) is 14.8. The number of rotatable bonds is 9. The first kappa shape index (κ1) is 19.4. The van der Waals surface area contributed by atoms with Crippen molar-refractivity contribution in [3.05, 3.63) is 60.4 Å². The molecule has 2 rings (SSSR count). The number of para-hydroxylation sites is 1. The number of halogens is 1. The van der Waals surface area contributed by atoms with E-state index in [-0.39, 0.29) is 24.7 Å². The molecule has 136 valence electrons. The molecule has 0 N–H and O–H groups in total. The van der Waals surface area contributed by atoms with Crippen molar-refractivity contribution in [2.45, 2.75) is 6.42 Å². The van der Waals surface area contributed by atoms with Crippen molar-refractivity contribution in [1.82, 2.24) is 4.90 Å². The summed E-state index contributed by atoms with van der Waals surface area (Å²) in [5.41, 5.74) is 0.781. The number of benzene rings is 2. The van der Waals surface area contributed by atoms with Gasteiger partial charge in [0.05, 0.1) is 19.0 Å². The van der Waals surface area contributed by atoms with E-state index < -0.39 is 0 Å². The molecule has 0 saturated carbocycles. The van der Waals surface area contributed by atoms with Gasteiger partial charge in [0.15, 0.2) is 0 Å². The zero-order valence-electron chi connectivity index (χ0n) is 14.8. The summed E-state index contributed by atoms with van der Waals surface area (Å²) in [4.78, 5) is 16.1. The highest BCUT2D eigenvalue weighted by Gasteiger charge is 2.17. The Bertz CT molecular complexity index is 729. The average molecular weight is 355 g/mol. The quantitative estimate of drug-likeness (QED) is 0.694. The fraction of sp³-hybridized carbons (Fsp3) is 0.300. The molecule has 0 spiro atoms. The van der Waals surface area contributed by atoms with E-state index in [0.717, 1.165) is 5.69 Å². The van der Waals surface area contributed by atoms with Gasteiger partial charge in [-0.3, -0.25) is 9.69 Å². The lowest BCUT2D eigenvalue weighted by Gasteiger charge is -2.25. The molecule has 26 heavy (non-hydrogen) atoms. The Balaban J connectivity index is 1.85. The minimum absolute atomic E-state index is 0.0734. The van der Waals surface area contributed by atoms with E-state index in [9.17, 15) is 9.18 Å². The molecule has 0 aliphatic carbocycles. The van der Waals surface area contributed by atoms with Crippen LogP contribution in [0.4, 0.5) is 10.1 Å². The Morgan fingerprint density at radius 1 is 1.12 bits per heavy atom.